The van der Waals surface area contributed by atoms with E-state index in [4.69, 9.17) is 9.47 Å². The highest BCUT2D eigenvalue weighted by Gasteiger charge is 2.53. The molecule has 0 amide bonds. The van der Waals surface area contributed by atoms with Gasteiger partial charge in [-0.25, -0.2) is 0 Å². The largest absolute Gasteiger partial charge is 0.480 e. The van der Waals surface area contributed by atoms with Crippen LogP contribution >= 0.6 is 7.60 Å². The number of rotatable bonds is 13. The number of carboxylic acids is 1. The molecule has 10 nitrogen and oxygen atoms in total. The van der Waals surface area contributed by atoms with Crippen LogP contribution in [-0.4, -0.2) is 56.3 Å². The molecular formula is C26H34NO9P. The quantitative estimate of drug-likeness (QED) is 0.221. The molecule has 0 unspecified atom stereocenters. The minimum absolute atomic E-state index is 0.176. The minimum Gasteiger partial charge on any atom is -0.480 e. The standard InChI is InChI=1S/C26H34NO9P/c1-17(2)35-23(28)15-26(37(32,33)34,16-24(29)36-18(3)4)27-22(25(30)31)14-19-10-12-21(13-11-19)20-8-6-5-7-9-20/h5-13,17-18,22,27H,14-16H2,1-4H3,(H,30,31)(H2,32,33,34)/t22-/m0/s1. The van der Waals surface area contributed by atoms with Crippen molar-refractivity contribution >= 4 is 25.5 Å². The first-order valence-electron chi connectivity index (χ1n) is 11.8. The van der Waals surface area contributed by atoms with Crippen molar-refractivity contribution in [1.29, 1.82) is 0 Å². The Labute approximate surface area is 216 Å². The number of aliphatic carboxylic acids is 1. The third-order valence-corrected chi connectivity index (χ3v) is 6.97. The van der Waals surface area contributed by atoms with Crippen LogP contribution in [0.3, 0.4) is 0 Å². The smallest absolute Gasteiger partial charge is 0.346 e. The number of esters is 2. The van der Waals surface area contributed by atoms with Gasteiger partial charge in [0.05, 0.1) is 25.0 Å². The van der Waals surface area contributed by atoms with Gasteiger partial charge in [-0.2, -0.15) is 0 Å². The number of carbonyl (C=O) groups is 3. The number of carboxylic acid groups (broad SMARTS) is 1. The summed E-state index contributed by atoms with van der Waals surface area (Å²) in [6.07, 6.45) is -3.26. The van der Waals surface area contributed by atoms with E-state index in [-0.39, 0.29) is 6.42 Å². The number of carbonyl (C=O) groups excluding carboxylic acids is 2. The van der Waals surface area contributed by atoms with Crippen LogP contribution in [-0.2, 0) is 34.8 Å². The van der Waals surface area contributed by atoms with Gasteiger partial charge in [0, 0.05) is 0 Å². The zero-order chi connectivity index (χ0) is 27.8. The number of nitrogens with one attached hydrogen (secondary N) is 1. The van der Waals surface area contributed by atoms with E-state index in [1.807, 2.05) is 30.3 Å². The summed E-state index contributed by atoms with van der Waals surface area (Å²) in [7, 11) is -5.32. The summed E-state index contributed by atoms with van der Waals surface area (Å²) in [6.45, 7) is 6.21. The lowest BCUT2D eigenvalue weighted by atomic mass is 9.99. The summed E-state index contributed by atoms with van der Waals surface area (Å²) in [5, 5.41) is 9.80. The average Bonchev–Trinajstić information content (AvgIpc) is 2.77. The zero-order valence-electron chi connectivity index (χ0n) is 21.3. The van der Waals surface area contributed by atoms with Gasteiger partial charge in [0.15, 0.2) is 0 Å². The van der Waals surface area contributed by atoms with Crippen LogP contribution in [0.4, 0.5) is 0 Å². The van der Waals surface area contributed by atoms with Gasteiger partial charge in [-0.1, -0.05) is 54.6 Å². The summed E-state index contributed by atoms with van der Waals surface area (Å²) in [5.74, 6) is -3.42. The molecule has 2 rings (SSSR count). The lowest BCUT2D eigenvalue weighted by Crippen LogP contribution is -2.56. The van der Waals surface area contributed by atoms with Gasteiger partial charge in [0.25, 0.3) is 0 Å². The van der Waals surface area contributed by atoms with Crippen LogP contribution in [0, 0.1) is 0 Å². The van der Waals surface area contributed by atoms with E-state index in [2.05, 4.69) is 5.32 Å². The van der Waals surface area contributed by atoms with Crippen molar-refractivity contribution in [2.75, 3.05) is 0 Å². The Morgan fingerprint density at radius 2 is 1.30 bits per heavy atom. The Morgan fingerprint density at radius 3 is 1.70 bits per heavy atom. The molecule has 0 aliphatic heterocycles. The Balaban J connectivity index is 2.40. The number of hydrogen-bond acceptors (Lipinski definition) is 7. The molecule has 0 saturated carbocycles. The number of hydrogen-bond donors (Lipinski definition) is 4. The molecule has 2 aromatic carbocycles. The van der Waals surface area contributed by atoms with Gasteiger partial charge in [-0.15, -0.1) is 0 Å². The summed E-state index contributed by atoms with van der Waals surface area (Å²) < 4.78 is 22.8. The molecule has 0 spiro atoms. The molecule has 37 heavy (non-hydrogen) atoms. The molecule has 2 aromatic rings. The molecule has 202 valence electrons. The summed E-state index contributed by atoms with van der Waals surface area (Å²) >= 11 is 0. The van der Waals surface area contributed by atoms with E-state index in [1.54, 1.807) is 52.0 Å². The molecule has 11 heteroatoms. The topological polar surface area (TPSA) is 159 Å². The van der Waals surface area contributed by atoms with Crippen LogP contribution in [0.5, 0.6) is 0 Å². The molecule has 1 atom stereocenters. The third-order valence-electron chi connectivity index (χ3n) is 5.41. The summed E-state index contributed by atoms with van der Waals surface area (Å²) in [4.78, 5) is 57.8. The van der Waals surface area contributed by atoms with Crippen molar-refractivity contribution in [3.63, 3.8) is 0 Å². The van der Waals surface area contributed by atoms with Crippen molar-refractivity contribution in [1.82, 2.24) is 5.32 Å². The maximum atomic E-state index is 12.7. The molecule has 0 heterocycles. The summed E-state index contributed by atoms with van der Waals surface area (Å²) in [6, 6.07) is 15.0. The van der Waals surface area contributed by atoms with E-state index in [9.17, 15) is 33.8 Å². The van der Waals surface area contributed by atoms with Gasteiger partial charge >= 0.3 is 25.5 Å². The molecule has 4 N–H and O–H groups in total. The second-order valence-corrected chi connectivity index (χ2v) is 11.3. The Kier molecular flexibility index (Phi) is 10.6. The van der Waals surface area contributed by atoms with Gasteiger partial charge < -0.3 is 24.4 Å². The fourth-order valence-electron chi connectivity index (χ4n) is 3.77. The highest BCUT2D eigenvalue weighted by Crippen LogP contribution is 2.53. The van der Waals surface area contributed by atoms with Crippen LogP contribution < -0.4 is 5.32 Å². The van der Waals surface area contributed by atoms with Gasteiger partial charge in [0.2, 0.25) is 0 Å². The minimum atomic E-state index is -5.32. The normalized spacial score (nSPS) is 12.9. The Bertz CT molecular complexity index is 1090. The fourth-order valence-corrected chi connectivity index (χ4v) is 4.76. The van der Waals surface area contributed by atoms with Gasteiger partial charge in [0.1, 0.15) is 11.3 Å². The van der Waals surface area contributed by atoms with E-state index < -0.39 is 61.9 Å². The lowest BCUT2D eigenvalue weighted by Gasteiger charge is -2.36. The first-order valence-corrected chi connectivity index (χ1v) is 13.4. The molecule has 0 aromatic heterocycles. The second kappa shape index (κ2) is 13.0. The molecule has 0 radical (unpaired) electrons. The Hall–Kier alpha value is -3.04. The van der Waals surface area contributed by atoms with E-state index in [1.165, 1.54) is 0 Å². The SMILES string of the molecule is CC(C)OC(=O)CC(CC(=O)OC(C)C)(N[C@@H](Cc1ccc(-c2ccccc2)cc1)C(=O)O)P(=O)(O)O. The monoisotopic (exact) mass is 535 g/mol. The first-order chi connectivity index (χ1) is 17.2. The molecular weight excluding hydrogens is 501 g/mol. The van der Waals surface area contributed by atoms with Crippen LogP contribution in [0.2, 0.25) is 0 Å². The predicted molar refractivity (Wildman–Crippen MR) is 137 cm³/mol. The van der Waals surface area contributed by atoms with E-state index in [0.717, 1.165) is 11.1 Å². The number of ether oxygens (including phenoxy) is 2. The van der Waals surface area contributed by atoms with Crippen molar-refractivity contribution in [2.24, 2.45) is 0 Å². The van der Waals surface area contributed by atoms with Crippen LogP contribution in [0.25, 0.3) is 11.1 Å². The fraction of sp³-hybridized carbons (Fsp3) is 0.423. The second-order valence-electron chi connectivity index (χ2n) is 9.31. The maximum Gasteiger partial charge on any atom is 0.346 e. The number of benzene rings is 2. The van der Waals surface area contributed by atoms with Crippen molar-refractivity contribution in [3.05, 3.63) is 60.2 Å². The van der Waals surface area contributed by atoms with Crippen LogP contribution in [0.15, 0.2) is 54.6 Å². The Morgan fingerprint density at radius 1 is 0.838 bits per heavy atom. The van der Waals surface area contributed by atoms with Crippen molar-refractivity contribution in [2.45, 2.75) is 70.5 Å². The third kappa shape index (κ3) is 9.09. The zero-order valence-corrected chi connectivity index (χ0v) is 22.2. The highest BCUT2D eigenvalue weighted by molar-refractivity contribution is 7.53. The first kappa shape index (κ1) is 30.2. The van der Waals surface area contributed by atoms with Crippen molar-refractivity contribution in [3.8, 4) is 11.1 Å². The average molecular weight is 536 g/mol. The molecule has 0 aliphatic carbocycles. The van der Waals surface area contributed by atoms with Crippen LogP contribution in [0.1, 0.15) is 46.1 Å². The molecule has 0 bridgehead atoms. The van der Waals surface area contributed by atoms with Gasteiger partial charge in [-0.3, -0.25) is 24.3 Å². The van der Waals surface area contributed by atoms with Gasteiger partial charge in [-0.05, 0) is 50.8 Å². The van der Waals surface area contributed by atoms with Crippen molar-refractivity contribution < 1.29 is 43.3 Å². The molecule has 0 aliphatic rings. The maximum absolute atomic E-state index is 12.7. The van der Waals surface area contributed by atoms with E-state index >= 15 is 0 Å². The molecule has 0 fully saturated rings. The van der Waals surface area contributed by atoms with E-state index in [0.29, 0.717) is 5.56 Å². The highest BCUT2D eigenvalue weighted by atomic mass is 31.2. The molecule has 0 saturated heterocycles. The predicted octanol–water partition coefficient (Wildman–Crippen LogP) is 3.50. The summed E-state index contributed by atoms with van der Waals surface area (Å²) in [5.41, 5.74) is 2.44. The lowest BCUT2D eigenvalue weighted by molar-refractivity contribution is -0.153.